The molecule has 1 saturated carbocycles. The van der Waals surface area contributed by atoms with Gasteiger partial charge in [0, 0.05) is 12.6 Å². The molecule has 1 unspecified atom stereocenters. The van der Waals surface area contributed by atoms with E-state index >= 15 is 0 Å². The second kappa shape index (κ2) is 8.64. The van der Waals surface area contributed by atoms with Crippen LogP contribution in [0.1, 0.15) is 44.1 Å². The van der Waals surface area contributed by atoms with Crippen molar-refractivity contribution in [2.45, 2.75) is 69.2 Å². The summed E-state index contributed by atoms with van der Waals surface area (Å²) in [6, 6.07) is 8.66. The molecule has 6 heteroatoms. The van der Waals surface area contributed by atoms with Crippen LogP contribution >= 0.6 is 0 Å². The van der Waals surface area contributed by atoms with Gasteiger partial charge in [-0.2, -0.15) is 0 Å². The maximum Gasteiger partial charge on any atom is 0.251 e. The van der Waals surface area contributed by atoms with Crippen LogP contribution in [0.2, 0.25) is 0 Å². The maximum absolute atomic E-state index is 12.8. The molecule has 2 fully saturated rings. The number of aliphatic hydroxyl groups excluding tert-OH is 1. The number of carbonyl (C=O) groups is 2. The quantitative estimate of drug-likeness (QED) is 0.705. The van der Waals surface area contributed by atoms with Crippen LogP contribution in [-0.2, 0) is 16.0 Å². The number of aliphatic hydroxyl groups is 1. The summed E-state index contributed by atoms with van der Waals surface area (Å²) in [7, 11) is 0. The maximum atomic E-state index is 12.8. The highest BCUT2D eigenvalue weighted by molar-refractivity contribution is 5.85. The van der Waals surface area contributed by atoms with Crippen LogP contribution in [0.15, 0.2) is 30.3 Å². The minimum Gasteiger partial charge on any atom is -0.381 e. The van der Waals surface area contributed by atoms with Crippen LogP contribution in [0, 0.1) is 0 Å². The molecule has 1 heterocycles. The number of amides is 2. The fraction of sp³-hybridized carbons (Fsp3) is 0.600. The van der Waals surface area contributed by atoms with Gasteiger partial charge in [-0.25, -0.2) is 0 Å². The van der Waals surface area contributed by atoms with Gasteiger partial charge in [0.2, 0.25) is 5.91 Å². The molecule has 2 amide bonds. The van der Waals surface area contributed by atoms with E-state index in [0.29, 0.717) is 19.4 Å². The van der Waals surface area contributed by atoms with Gasteiger partial charge in [-0.15, -0.1) is 0 Å². The lowest BCUT2D eigenvalue weighted by atomic mass is 10.0. The summed E-state index contributed by atoms with van der Waals surface area (Å²) in [6.45, 7) is 0.541. The topological polar surface area (TPSA) is 95.7 Å². The zero-order chi connectivity index (χ0) is 18.5. The zero-order valence-electron chi connectivity index (χ0n) is 15.1. The Morgan fingerprint density at radius 1 is 1.15 bits per heavy atom. The van der Waals surface area contributed by atoms with E-state index in [-0.39, 0.29) is 17.9 Å². The molecule has 0 aromatic heterocycles. The van der Waals surface area contributed by atoms with Crippen molar-refractivity contribution in [3.05, 3.63) is 35.9 Å². The molecule has 0 radical (unpaired) electrons. The Hall–Kier alpha value is -1.92. The van der Waals surface area contributed by atoms with Crippen LogP contribution in [0.25, 0.3) is 0 Å². The number of hydrogen-bond acceptors (Lipinski definition) is 4. The number of nitrogens with one attached hydrogen (secondary N) is 1. The van der Waals surface area contributed by atoms with E-state index in [1.807, 2.05) is 30.3 Å². The van der Waals surface area contributed by atoms with Crippen LogP contribution in [0.3, 0.4) is 0 Å². The molecule has 4 N–H and O–H groups in total. The van der Waals surface area contributed by atoms with Gasteiger partial charge in [0.05, 0.1) is 12.1 Å². The van der Waals surface area contributed by atoms with Crippen molar-refractivity contribution in [3.63, 3.8) is 0 Å². The molecule has 0 spiro atoms. The highest BCUT2D eigenvalue weighted by atomic mass is 16.3. The number of benzene rings is 1. The Labute approximate surface area is 154 Å². The molecule has 6 nitrogen and oxygen atoms in total. The van der Waals surface area contributed by atoms with Crippen molar-refractivity contribution in [2.75, 3.05) is 6.54 Å². The third-order valence-corrected chi connectivity index (χ3v) is 5.53. The smallest absolute Gasteiger partial charge is 0.251 e. The first-order valence-electron chi connectivity index (χ1n) is 9.64. The molecular weight excluding hydrogens is 330 g/mol. The second-order valence-corrected chi connectivity index (χ2v) is 7.47. The Morgan fingerprint density at radius 2 is 1.85 bits per heavy atom. The summed E-state index contributed by atoms with van der Waals surface area (Å²) in [5.74, 6) is -0.553. The van der Waals surface area contributed by atoms with Crippen molar-refractivity contribution in [2.24, 2.45) is 5.73 Å². The lowest BCUT2D eigenvalue weighted by Gasteiger charge is -2.30. The van der Waals surface area contributed by atoms with E-state index in [2.05, 4.69) is 5.32 Å². The first-order chi connectivity index (χ1) is 12.6. The van der Waals surface area contributed by atoms with Gasteiger partial charge in [-0.3, -0.25) is 9.59 Å². The van der Waals surface area contributed by atoms with E-state index in [4.69, 9.17) is 5.73 Å². The Balaban J connectivity index is 1.59. The predicted molar refractivity (Wildman–Crippen MR) is 99.3 cm³/mol. The molecule has 1 aliphatic heterocycles. The van der Waals surface area contributed by atoms with Crippen molar-refractivity contribution < 1.29 is 14.7 Å². The third kappa shape index (κ3) is 4.43. The standard InChI is InChI=1S/C20H29N3O3/c21-16(13-14-7-2-1-3-8-14)20(26)23-12-6-11-17(23)18(24)19(25)22-15-9-4-5-10-15/h1-3,7-8,15-18,24H,4-6,9-13,21H2,(H,22,25)/t16-,17-,18?/m0/s1. The number of rotatable bonds is 6. The summed E-state index contributed by atoms with van der Waals surface area (Å²) in [5, 5.41) is 13.4. The molecule has 3 rings (SSSR count). The van der Waals surface area contributed by atoms with Gasteiger partial charge >= 0.3 is 0 Å². The molecule has 142 valence electrons. The number of nitrogens with zero attached hydrogens (tertiary/aromatic N) is 1. The molecule has 26 heavy (non-hydrogen) atoms. The second-order valence-electron chi connectivity index (χ2n) is 7.47. The van der Waals surface area contributed by atoms with E-state index < -0.39 is 18.2 Å². The van der Waals surface area contributed by atoms with Crippen LogP contribution < -0.4 is 11.1 Å². The van der Waals surface area contributed by atoms with E-state index in [0.717, 1.165) is 37.7 Å². The summed E-state index contributed by atoms with van der Waals surface area (Å²) in [4.78, 5) is 26.8. The lowest BCUT2D eigenvalue weighted by molar-refractivity contribution is -0.140. The van der Waals surface area contributed by atoms with Crippen molar-refractivity contribution in [1.29, 1.82) is 0 Å². The van der Waals surface area contributed by atoms with Gasteiger partial charge in [-0.1, -0.05) is 43.2 Å². The molecule has 1 aromatic rings. The third-order valence-electron chi connectivity index (χ3n) is 5.53. The Morgan fingerprint density at radius 3 is 2.54 bits per heavy atom. The Kier molecular flexibility index (Phi) is 6.27. The fourth-order valence-corrected chi connectivity index (χ4v) is 4.09. The van der Waals surface area contributed by atoms with Gasteiger partial charge < -0.3 is 21.1 Å². The number of nitrogens with two attached hydrogens (primary N) is 1. The van der Waals surface area contributed by atoms with Crippen LogP contribution in [0.5, 0.6) is 0 Å². The average molecular weight is 359 g/mol. The highest BCUT2D eigenvalue weighted by Gasteiger charge is 2.39. The SMILES string of the molecule is N[C@@H](Cc1ccccc1)C(=O)N1CCC[C@H]1C(O)C(=O)NC1CCCC1. The average Bonchev–Trinajstić information content (AvgIpc) is 3.33. The summed E-state index contributed by atoms with van der Waals surface area (Å²) < 4.78 is 0. The summed E-state index contributed by atoms with van der Waals surface area (Å²) >= 11 is 0. The highest BCUT2D eigenvalue weighted by Crippen LogP contribution is 2.23. The largest absolute Gasteiger partial charge is 0.381 e. The molecule has 2 aliphatic rings. The molecule has 1 aliphatic carbocycles. The normalized spacial score (nSPS) is 23.0. The number of likely N-dealkylation sites (tertiary alicyclic amines) is 1. The van der Waals surface area contributed by atoms with Gasteiger partial charge in [0.25, 0.3) is 5.91 Å². The molecule has 3 atom stereocenters. The fourth-order valence-electron chi connectivity index (χ4n) is 4.09. The van der Waals surface area contributed by atoms with Gasteiger partial charge in [0.1, 0.15) is 0 Å². The minimum absolute atomic E-state index is 0.156. The molecule has 0 bridgehead atoms. The van der Waals surface area contributed by atoms with E-state index in [9.17, 15) is 14.7 Å². The summed E-state index contributed by atoms with van der Waals surface area (Å²) in [5.41, 5.74) is 7.13. The molecule has 1 saturated heterocycles. The first-order valence-corrected chi connectivity index (χ1v) is 9.64. The monoisotopic (exact) mass is 359 g/mol. The lowest BCUT2D eigenvalue weighted by Crippen LogP contribution is -2.54. The van der Waals surface area contributed by atoms with Crippen molar-refractivity contribution >= 4 is 11.8 Å². The van der Waals surface area contributed by atoms with E-state index in [1.165, 1.54) is 0 Å². The predicted octanol–water partition coefficient (Wildman–Crippen LogP) is 0.967. The molecule has 1 aromatic carbocycles. The van der Waals surface area contributed by atoms with Gasteiger partial charge in [-0.05, 0) is 37.7 Å². The number of hydrogen-bond donors (Lipinski definition) is 3. The first kappa shape index (κ1) is 18.9. The zero-order valence-corrected chi connectivity index (χ0v) is 15.1. The van der Waals surface area contributed by atoms with E-state index in [1.54, 1.807) is 4.90 Å². The van der Waals surface area contributed by atoms with Crippen LogP contribution in [0.4, 0.5) is 0 Å². The van der Waals surface area contributed by atoms with Crippen molar-refractivity contribution in [3.8, 4) is 0 Å². The van der Waals surface area contributed by atoms with Crippen molar-refractivity contribution in [1.82, 2.24) is 10.2 Å². The number of carbonyl (C=O) groups excluding carboxylic acids is 2. The van der Waals surface area contributed by atoms with Crippen LogP contribution in [-0.4, -0.2) is 52.6 Å². The summed E-state index contributed by atoms with van der Waals surface area (Å²) in [6.07, 6.45) is 4.83. The molecular formula is C20H29N3O3. The Bertz CT molecular complexity index is 616. The minimum atomic E-state index is -1.19. The van der Waals surface area contributed by atoms with Gasteiger partial charge in [0.15, 0.2) is 6.10 Å².